The standard InChI is InChI=1S/C25H27FN10O/c1-25(37,22-4-3-20(26)14-29-22)19-12-30-24(31-13-19)36-7-5-35(6-8-36)23(32-16-27)21-9-17(10-28-21)18-11-33-34(2)15-18/h3-4,9-16,27-28,37H,5-8H2,1-2H3/t25-/m0/s1. The Labute approximate surface area is 212 Å². The van der Waals surface area contributed by atoms with Crippen molar-refractivity contribution in [3.05, 3.63) is 78.1 Å². The lowest BCUT2D eigenvalue weighted by Crippen LogP contribution is -2.49. The minimum absolute atomic E-state index is 0.313. The zero-order valence-electron chi connectivity index (χ0n) is 20.5. The Bertz CT molecular complexity index is 1400. The molecule has 0 aliphatic carbocycles. The second-order valence-electron chi connectivity index (χ2n) is 8.97. The summed E-state index contributed by atoms with van der Waals surface area (Å²) in [7, 11) is 1.88. The number of piperazine rings is 1. The summed E-state index contributed by atoms with van der Waals surface area (Å²) in [6.45, 7) is 4.21. The maximum Gasteiger partial charge on any atom is 0.225 e. The minimum atomic E-state index is -1.45. The molecule has 12 heteroatoms. The third-order valence-electron chi connectivity index (χ3n) is 6.44. The van der Waals surface area contributed by atoms with Crippen LogP contribution >= 0.6 is 0 Å². The number of rotatable bonds is 6. The Kier molecular flexibility index (Phi) is 6.49. The number of amidine groups is 1. The lowest BCUT2D eigenvalue weighted by Gasteiger charge is -2.36. The van der Waals surface area contributed by atoms with Gasteiger partial charge in [0.05, 0.1) is 23.8 Å². The van der Waals surface area contributed by atoms with Crippen molar-refractivity contribution < 1.29 is 9.50 Å². The smallest absolute Gasteiger partial charge is 0.225 e. The Hall–Kier alpha value is -4.45. The molecule has 1 aliphatic heterocycles. The summed E-state index contributed by atoms with van der Waals surface area (Å²) in [5.74, 6) is 0.781. The number of nitrogens with zero attached hydrogens (tertiary/aromatic N) is 8. The van der Waals surface area contributed by atoms with E-state index >= 15 is 0 Å². The van der Waals surface area contributed by atoms with E-state index in [0.717, 1.165) is 29.4 Å². The molecule has 0 radical (unpaired) electrons. The maximum absolute atomic E-state index is 13.2. The maximum atomic E-state index is 13.2. The molecule has 1 fully saturated rings. The Morgan fingerprint density at radius 2 is 1.86 bits per heavy atom. The van der Waals surface area contributed by atoms with Crippen LogP contribution in [-0.2, 0) is 12.6 Å². The Morgan fingerprint density at radius 3 is 2.49 bits per heavy atom. The zero-order valence-corrected chi connectivity index (χ0v) is 20.5. The lowest BCUT2D eigenvalue weighted by atomic mass is 9.94. The van der Waals surface area contributed by atoms with E-state index in [-0.39, 0.29) is 0 Å². The number of hydrogen-bond donors (Lipinski definition) is 3. The van der Waals surface area contributed by atoms with Gasteiger partial charge < -0.3 is 19.9 Å². The number of aliphatic hydroxyl groups is 1. The fraction of sp³-hybridized carbons (Fsp3) is 0.280. The van der Waals surface area contributed by atoms with Gasteiger partial charge in [0.15, 0.2) is 5.84 Å². The van der Waals surface area contributed by atoms with Gasteiger partial charge in [0.25, 0.3) is 0 Å². The largest absolute Gasteiger partial charge is 0.379 e. The van der Waals surface area contributed by atoms with E-state index < -0.39 is 11.4 Å². The number of aromatic nitrogens is 6. The molecule has 37 heavy (non-hydrogen) atoms. The van der Waals surface area contributed by atoms with Gasteiger partial charge in [-0.15, -0.1) is 0 Å². The Balaban J connectivity index is 1.26. The molecule has 3 N–H and O–H groups in total. The highest BCUT2D eigenvalue weighted by atomic mass is 19.1. The molecule has 5 rings (SSSR count). The zero-order chi connectivity index (χ0) is 26.0. The van der Waals surface area contributed by atoms with Gasteiger partial charge in [0, 0.05) is 74.7 Å². The molecule has 0 unspecified atom stereocenters. The van der Waals surface area contributed by atoms with Gasteiger partial charge in [-0.3, -0.25) is 15.1 Å². The predicted octanol–water partition coefficient (Wildman–Crippen LogP) is 2.17. The summed E-state index contributed by atoms with van der Waals surface area (Å²) in [5, 5.41) is 22.7. The predicted molar refractivity (Wildman–Crippen MR) is 137 cm³/mol. The first-order chi connectivity index (χ1) is 17.8. The van der Waals surface area contributed by atoms with Gasteiger partial charge >= 0.3 is 0 Å². The number of nitrogens with one attached hydrogen (secondary N) is 2. The van der Waals surface area contributed by atoms with Crippen LogP contribution < -0.4 is 4.90 Å². The van der Waals surface area contributed by atoms with Crippen molar-refractivity contribution in [1.29, 1.82) is 5.41 Å². The fourth-order valence-corrected chi connectivity index (χ4v) is 4.31. The van der Waals surface area contributed by atoms with Crippen molar-refractivity contribution in [2.75, 3.05) is 31.1 Å². The number of aryl methyl sites for hydroxylation is 1. The van der Waals surface area contributed by atoms with Crippen LogP contribution in [0.15, 0.2) is 60.4 Å². The lowest BCUT2D eigenvalue weighted by molar-refractivity contribution is 0.0964. The van der Waals surface area contributed by atoms with Crippen LogP contribution in [-0.4, -0.2) is 78.1 Å². The number of halogens is 1. The number of hydrogen-bond acceptors (Lipinski definition) is 7. The molecular formula is C25H27FN10O. The van der Waals surface area contributed by atoms with Crippen molar-refractivity contribution in [3.63, 3.8) is 0 Å². The van der Waals surface area contributed by atoms with E-state index in [9.17, 15) is 9.50 Å². The molecule has 5 heterocycles. The normalized spacial score (nSPS) is 16.1. The van der Waals surface area contributed by atoms with Gasteiger partial charge in [-0.25, -0.2) is 19.4 Å². The number of aliphatic imine (C=N–C) groups is 1. The van der Waals surface area contributed by atoms with Crippen LogP contribution in [0.5, 0.6) is 0 Å². The number of anilines is 1. The first-order valence-electron chi connectivity index (χ1n) is 11.8. The summed E-state index contributed by atoms with van der Waals surface area (Å²) in [6, 6.07) is 4.71. The molecule has 1 aliphatic rings. The summed E-state index contributed by atoms with van der Waals surface area (Å²) < 4.78 is 15.0. The van der Waals surface area contributed by atoms with Crippen molar-refractivity contribution in [2.45, 2.75) is 12.5 Å². The van der Waals surface area contributed by atoms with Gasteiger partial charge in [0.1, 0.15) is 17.8 Å². The van der Waals surface area contributed by atoms with Crippen LogP contribution in [0.4, 0.5) is 10.3 Å². The summed E-state index contributed by atoms with van der Waals surface area (Å²) >= 11 is 0. The van der Waals surface area contributed by atoms with Crippen LogP contribution in [0.2, 0.25) is 0 Å². The summed E-state index contributed by atoms with van der Waals surface area (Å²) in [6.07, 6.45) is 10.9. The molecule has 1 saturated heterocycles. The molecule has 11 nitrogen and oxygen atoms in total. The molecule has 0 bridgehead atoms. The van der Waals surface area contributed by atoms with Crippen LogP contribution in [0.1, 0.15) is 23.9 Å². The molecule has 0 amide bonds. The summed E-state index contributed by atoms with van der Waals surface area (Å²) in [4.78, 5) is 24.7. The van der Waals surface area contributed by atoms with Gasteiger partial charge in [-0.1, -0.05) is 0 Å². The average molecular weight is 503 g/mol. The first kappa shape index (κ1) is 24.3. The Morgan fingerprint density at radius 1 is 1.11 bits per heavy atom. The molecule has 4 aromatic heterocycles. The van der Waals surface area contributed by atoms with Crippen LogP contribution in [0, 0.1) is 11.2 Å². The molecule has 190 valence electrons. The second-order valence-corrected chi connectivity index (χ2v) is 8.97. The molecular weight excluding hydrogens is 475 g/mol. The van der Waals surface area contributed by atoms with E-state index in [2.05, 4.69) is 39.8 Å². The van der Waals surface area contributed by atoms with E-state index in [1.165, 1.54) is 12.1 Å². The van der Waals surface area contributed by atoms with Crippen LogP contribution in [0.25, 0.3) is 11.1 Å². The quantitative estimate of drug-likeness (QED) is 0.272. The third-order valence-corrected chi connectivity index (χ3v) is 6.44. The first-order valence-corrected chi connectivity index (χ1v) is 11.8. The molecule has 0 aromatic carbocycles. The second kappa shape index (κ2) is 9.90. The molecule has 0 saturated carbocycles. The average Bonchev–Trinajstić information content (AvgIpc) is 3.57. The van der Waals surface area contributed by atoms with Crippen molar-refractivity contribution in [3.8, 4) is 11.1 Å². The van der Waals surface area contributed by atoms with Gasteiger partial charge in [-0.05, 0) is 25.1 Å². The van der Waals surface area contributed by atoms with E-state index in [1.807, 2.05) is 25.5 Å². The van der Waals surface area contributed by atoms with Gasteiger partial charge in [-0.2, -0.15) is 5.10 Å². The van der Waals surface area contributed by atoms with Crippen molar-refractivity contribution >= 4 is 18.1 Å². The van der Waals surface area contributed by atoms with E-state index in [1.54, 1.807) is 30.2 Å². The van der Waals surface area contributed by atoms with Gasteiger partial charge in [0.2, 0.25) is 5.95 Å². The van der Waals surface area contributed by atoms with Crippen molar-refractivity contribution in [1.82, 2.24) is 34.6 Å². The third kappa shape index (κ3) is 4.96. The SMILES string of the molecule is Cn1cc(-c2c[nH]c(C(=NC=N)N3CCN(c4ncc([C@](C)(O)c5ccc(F)cn5)cn4)CC3)c2)cn1. The molecule has 4 aromatic rings. The summed E-state index contributed by atoms with van der Waals surface area (Å²) in [5.41, 5.74) is 2.15. The molecule has 0 spiro atoms. The highest BCUT2D eigenvalue weighted by Gasteiger charge is 2.29. The topological polar surface area (TPSA) is 135 Å². The van der Waals surface area contributed by atoms with Crippen molar-refractivity contribution in [2.24, 2.45) is 12.0 Å². The number of aromatic amines is 1. The van der Waals surface area contributed by atoms with E-state index in [0.29, 0.717) is 49.2 Å². The number of pyridine rings is 1. The molecule has 1 atom stereocenters. The minimum Gasteiger partial charge on any atom is -0.379 e. The van der Waals surface area contributed by atoms with E-state index in [4.69, 9.17) is 5.41 Å². The highest BCUT2D eigenvalue weighted by Crippen LogP contribution is 2.27. The van der Waals surface area contributed by atoms with Crippen LogP contribution in [0.3, 0.4) is 0 Å². The number of H-pyrrole nitrogens is 1. The monoisotopic (exact) mass is 502 g/mol. The highest BCUT2D eigenvalue weighted by molar-refractivity contribution is 6.01. The fourth-order valence-electron chi connectivity index (χ4n) is 4.31.